The van der Waals surface area contributed by atoms with Gasteiger partial charge in [0.2, 0.25) is 5.91 Å². The summed E-state index contributed by atoms with van der Waals surface area (Å²) >= 11 is 0. The van der Waals surface area contributed by atoms with Gasteiger partial charge in [-0.15, -0.1) is 0 Å². The molecule has 4 nitrogen and oxygen atoms in total. The Labute approximate surface area is 131 Å². The molecule has 118 valence electrons. The second-order valence-corrected chi connectivity index (χ2v) is 6.08. The van der Waals surface area contributed by atoms with Crippen molar-refractivity contribution in [3.8, 4) is 6.07 Å². The molecular formula is C17H22FN3O. The van der Waals surface area contributed by atoms with E-state index in [0.717, 1.165) is 12.8 Å². The Bertz CT molecular complexity index is 586. The van der Waals surface area contributed by atoms with Gasteiger partial charge in [-0.3, -0.25) is 4.79 Å². The van der Waals surface area contributed by atoms with Crippen LogP contribution in [0.25, 0.3) is 0 Å². The van der Waals surface area contributed by atoms with Crippen LogP contribution in [-0.4, -0.2) is 37.0 Å². The molecule has 0 N–H and O–H groups in total. The molecular weight excluding hydrogens is 281 g/mol. The largest absolute Gasteiger partial charge is 0.369 e. The number of nitrogens with zero attached hydrogens (tertiary/aromatic N) is 3. The van der Waals surface area contributed by atoms with Crippen molar-refractivity contribution in [3.05, 3.63) is 29.6 Å². The summed E-state index contributed by atoms with van der Waals surface area (Å²) in [6.07, 6.45) is 1.46. The molecule has 1 aromatic carbocycles. The molecule has 5 heteroatoms. The number of hydrogen-bond donors (Lipinski definition) is 0. The minimum absolute atomic E-state index is 0.0186. The summed E-state index contributed by atoms with van der Waals surface area (Å²) < 4.78 is 14.0. The number of anilines is 1. The highest BCUT2D eigenvalue weighted by molar-refractivity contribution is 5.79. The standard InChI is InChI=1S/C17H22FN3O/c1-12(2)20(3)17(22)14-6-8-21(9-7-14)16-5-4-13(11-19)10-15(16)18/h4-5,10,12,14H,6-9H2,1-3H3. The molecule has 22 heavy (non-hydrogen) atoms. The van der Waals surface area contributed by atoms with Crippen LogP contribution in [0.15, 0.2) is 18.2 Å². The lowest BCUT2D eigenvalue weighted by molar-refractivity contribution is -0.136. The molecule has 0 bridgehead atoms. The quantitative estimate of drug-likeness (QED) is 0.862. The smallest absolute Gasteiger partial charge is 0.225 e. The van der Waals surface area contributed by atoms with E-state index in [-0.39, 0.29) is 23.7 Å². The van der Waals surface area contributed by atoms with E-state index >= 15 is 0 Å². The zero-order valence-electron chi connectivity index (χ0n) is 13.3. The van der Waals surface area contributed by atoms with Crippen molar-refractivity contribution in [2.24, 2.45) is 5.92 Å². The molecule has 1 saturated heterocycles. The number of carbonyl (C=O) groups is 1. The molecule has 1 aliphatic heterocycles. The first-order valence-electron chi connectivity index (χ1n) is 7.65. The Kier molecular flexibility index (Phi) is 5.02. The molecule has 0 unspecified atom stereocenters. The first-order chi connectivity index (χ1) is 10.4. The predicted molar refractivity (Wildman–Crippen MR) is 84.0 cm³/mol. The highest BCUT2D eigenvalue weighted by Crippen LogP contribution is 2.27. The average molecular weight is 303 g/mol. The van der Waals surface area contributed by atoms with Gasteiger partial charge in [0.25, 0.3) is 0 Å². The molecule has 0 aromatic heterocycles. The van der Waals surface area contributed by atoms with Crippen molar-refractivity contribution in [2.75, 3.05) is 25.0 Å². The van der Waals surface area contributed by atoms with Gasteiger partial charge in [-0.05, 0) is 44.9 Å². The average Bonchev–Trinajstić information content (AvgIpc) is 2.53. The molecule has 1 fully saturated rings. The molecule has 0 atom stereocenters. The summed E-state index contributed by atoms with van der Waals surface area (Å²) in [5, 5.41) is 8.78. The van der Waals surface area contributed by atoms with Crippen molar-refractivity contribution < 1.29 is 9.18 Å². The fraction of sp³-hybridized carbons (Fsp3) is 0.529. The van der Waals surface area contributed by atoms with Crippen molar-refractivity contribution in [1.29, 1.82) is 5.26 Å². The number of amides is 1. The fourth-order valence-corrected chi connectivity index (χ4v) is 2.74. The third-order valence-corrected chi connectivity index (χ3v) is 4.38. The maximum absolute atomic E-state index is 14.0. The van der Waals surface area contributed by atoms with Crippen LogP contribution in [0.4, 0.5) is 10.1 Å². The SMILES string of the molecule is CC(C)N(C)C(=O)C1CCN(c2ccc(C#N)cc2F)CC1. The van der Waals surface area contributed by atoms with Gasteiger partial charge in [-0.2, -0.15) is 5.26 Å². The number of nitriles is 1. The molecule has 0 aliphatic carbocycles. The lowest BCUT2D eigenvalue weighted by atomic mass is 9.94. The highest BCUT2D eigenvalue weighted by atomic mass is 19.1. The van der Waals surface area contributed by atoms with E-state index in [1.54, 1.807) is 17.0 Å². The van der Waals surface area contributed by atoms with Crippen LogP contribution in [0.2, 0.25) is 0 Å². The minimum atomic E-state index is -0.372. The van der Waals surface area contributed by atoms with Gasteiger partial charge in [0, 0.05) is 32.1 Å². The Hall–Kier alpha value is -2.09. The van der Waals surface area contributed by atoms with Gasteiger partial charge in [0.15, 0.2) is 0 Å². The van der Waals surface area contributed by atoms with Gasteiger partial charge >= 0.3 is 0 Å². The number of halogens is 1. The number of benzene rings is 1. The Morgan fingerprint density at radius 3 is 2.55 bits per heavy atom. The second-order valence-electron chi connectivity index (χ2n) is 6.08. The Morgan fingerprint density at radius 2 is 2.05 bits per heavy atom. The van der Waals surface area contributed by atoms with Crippen molar-refractivity contribution >= 4 is 11.6 Å². The van der Waals surface area contributed by atoms with Crippen molar-refractivity contribution in [3.63, 3.8) is 0 Å². The summed E-state index contributed by atoms with van der Waals surface area (Å²) in [6, 6.07) is 6.67. The number of hydrogen-bond acceptors (Lipinski definition) is 3. The Balaban J connectivity index is 2.01. The third kappa shape index (κ3) is 3.38. The van der Waals surface area contributed by atoms with Gasteiger partial charge in [-0.25, -0.2) is 4.39 Å². The van der Waals surface area contributed by atoms with Gasteiger partial charge < -0.3 is 9.80 Å². The van der Waals surface area contributed by atoms with Crippen LogP contribution >= 0.6 is 0 Å². The lowest BCUT2D eigenvalue weighted by Gasteiger charge is -2.35. The van der Waals surface area contributed by atoms with E-state index in [2.05, 4.69) is 0 Å². The number of carbonyl (C=O) groups excluding carboxylic acids is 1. The molecule has 1 aromatic rings. The molecule has 1 aliphatic rings. The first kappa shape index (κ1) is 16.3. The maximum atomic E-state index is 14.0. The lowest BCUT2D eigenvalue weighted by Crippen LogP contribution is -2.43. The van der Waals surface area contributed by atoms with Gasteiger partial charge in [0.1, 0.15) is 5.82 Å². The van der Waals surface area contributed by atoms with Crippen LogP contribution in [0, 0.1) is 23.1 Å². The van der Waals surface area contributed by atoms with E-state index in [4.69, 9.17) is 5.26 Å². The van der Waals surface area contributed by atoms with E-state index in [1.807, 2.05) is 31.9 Å². The van der Waals surface area contributed by atoms with Crippen LogP contribution < -0.4 is 4.90 Å². The molecule has 0 saturated carbocycles. The van der Waals surface area contributed by atoms with E-state index in [1.165, 1.54) is 6.07 Å². The van der Waals surface area contributed by atoms with Crippen molar-refractivity contribution in [2.45, 2.75) is 32.7 Å². The van der Waals surface area contributed by atoms with E-state index in [0.29, 0.717) is 24.3 Å². The summed E-state index contributed by atoms with van der Waals surface area (Å²) in [7, 11) is 1.83. The predicted octanol–water partition coefficient (Wildman–Crippen LogP) is 2.78. The Morgan fingerprint density at radius 1 is 1.41 bits per heavy atom. The summed E-state index contributed by atoms with van der Waals surface area (Å²) in [6.45, 7) is 5.31. The summed E-state index contributed by atoms with van der Waals surface area (Å²) in [5.74, 6) is -0.178. The molecule has 1 amide bonds. The van der Waals surface area contributed by atoms with Gasteiger partial charge in [0.05, 0.1) is 17.3 Å². The highest BCUT2D eigenvalue weighted by Gasteiger charge is 2.28. The minimum Gasteiger partial charge on any atom is -0.369 e. The van der Waals surface area contributed by atoms with Crippen LogP contribution in [0.5, 0.6) is 0 Å². The molecule has 0 spiro atoms. The zero-order chi connectivity index (χ0) is 16.3. The van der Waals surface area contributed by atoms with E-state index < -0.39 is 0 Å². The van der Waals surface area contributed by atoms with E-state index in [9.17, 15) is 9.18 Å². The maximum Gasteiger partial charge on any atom is 0.225 e. The topological polar surface area (TPSA) is 47.3 Å². The molecule has 2 rings (SSSR count). The van der Waals surface area contributed by atoms with Crippen LogP contribution in [-0.2, 0) is 4.79 Å². The first-order valence-corrected chi connectivity index (χ1v) is 7.65. The summed E-state index contributed by atoms with van der Waals surface area (Å²) in [4.78, 5) is 16.1. The van der Waals surface area contributed by atoms with Gasteiger partial charge in [-0.1, -0.05) is 0 Å². The van der Waals surface area contributed by atoms with Crippen LogP contribution in [0.3, 0.4) is 0 Å². The number of rotatable bonds is 3. The monoisotopic (exact) mass is 303 g/mol. The third-order valence-electron chi connectivity index (χ3n) is 4.38. The fourth-order valence-electron chi connectivity index (χ4n) is 2.74. The molecule has 1 heterocycles. The number of piperidine rings is 1. The summed E-state index contributed by atoms with van der Waals surface area (Å²) in [5.41, 5.74) is 0.840. The zero-order valence-corrected chi connectivity index (χ0v) is 13.3. The second kappa shape index (κ2) is 6.78. The normalized spacial score (nSPS) is 15.7. The molecule has 0 radical (unpaired) electrons. The van der Waals surface area contributed by atoms with Crippen molar-refractivity contribution in [1.82, 2.24) is 4.90 Å². The van der Waals surface area contributed by atoms with Crippen LogP contribution in [0.1, 0.15) is 32.3 Å².